The molecule has 3 aromatic heterocycles. The number of aromatic nitrogens is 3. The number of benzene rings is 8. The molecule has 54 heavy (non-hydrogen) atoms. The predicted octanol–water partition coefficient (Wildman–Crippen LogP) is 13.8. The van der Waals surface area contributed by atoms with E-state index in [0.29, 0.717) is 5.82 Å². The lowest BCUT2D eigenvalue weighted by atomic mass is 9.93. The quantitative estimate of drug-likeness (QED) is 0.178. The summed E-state index contributed by atoms with van der Waals surface area (Å²) in [5.74, 6) is 0.714. The third kappa shape index (κ3) is 4.96. The average Bonchev–Trinajstić information content (AvgIpc) is 3.79. The van der Waals surface area contributed by atoms with E-state index in [9.17, 15) is 0 Å². The maximum atomic E-state index is 5.25. The topological polar surface area (TPSA) is 30.7 Å². The van der Waals surface area contributed by atoms with Crippen LogP contribution in [-0.4, -0.2) is 14.5 Å². The highest BCUT2D eigenvalue weighted by Gasteiger charge is 2.18. The lowest BCUT2D eigenvalue weighted by molar-refractivity contribution is 1.18. The van der Waals surface area contributed by atoms with Crippen molar-refractivity contribution in [3.63, 3.8) is 0 Å². The van der Waals surface area contributed by atoms with Crippen LogP contribution in [0.1, 0.15) is 0 Å². The molecule has 0 saturated heterocycles. The van der Waals surface area contributed by atoms with Crippen molar-refractivity contribution in [1.29, 1.82) is 0 Å². The minimum atomic E-state index is 0.714. The Morgan fingerprint density at radius 1 is 0.352 bits per heavy atom. The molecule has 0 amide bonds. The molecule has 0 aliphatic heterocycles. The summed E-state index contributed by atoms with van der Waals surface area (Å²) >= 11 is 1.83. The summed E-state index contributed by atoms with van der Waals surface area (Å²) in [5, 5.41) is 7.37. The van der Waals surface area contributed by atoms with Gasteiger partial charge in [-0.15, -0.1) is 11.3 Å². The highest BCUT2D eigenvalue weighted by molar-refractivity contribution is 7.25. The summed E-state index contributed by atoms with van der Waals surface area (Å²) in [6, 6.07) is 67.3. The number of nitrogens with zero attached hydrogens (tertiary/aromatic N) is 3. The average molecular weight is 706 g/mol. The Labute approximate surface area is 316 Å². The number of thiophene rings is 1. The van der Waals surface area contributed by atoms with Crippen LogP contribution in [0.25, 0.3) is 103 Å². The Balaban J connectivity index is 1.10. The van der Waals surface area contributed by atoms with Gasteiger partial charge in [0.2, 0.25) is 0 Å². The zero-order valence-electron chi connectivity index (χ0n) is 29.1. The van der Waals surface area contributed by atoms with Crippen molar-refractivity contribution in [2.75, 3.05) is 0 Å². The number of hydrogen-bond donors (Lipinski definition) is 0. The molecule has 0 N–H and O–H groups in total. The molecule has 252 valence electrons. The molecule has 3 nitrogen and oxygen atoms in total. The van der Waals surface area contributed by atoms with Crippen LogP contribution >= 0.6 is 11.3 Å². The number of hydrogen-bond acceptors (Lipinski definition) is 3. The van der Waals surface area contributed by atoms with E-state index in [4.69, 9.17) is 9.97 Å². The molecule has 11 aromatic rings. The van der Waals surface area contributed by atoms with Crippen LogP contribution in [0.2, 0.25) is 0 Å². The van der Waals surface area contributed by atoms with E-state index < -0.39 is 0 Å². The molecule has 0 spiro atoms. The molecule has 0 aliphatic rings. The Morgan fingerprint density at radius 3 is 1.80 bits per heavy atom. The summed E-state index contributed by atoms with van der Waals surface area (Å²) < 4.78 is 4.96. The molecule has 0 radical (unpaired) electrons. The van der Waals surface area contributed by atoms with Gasteiger partial charge in [0.1, 0.15) is 0 Å². The van der Waals surface area contributed by atoms with Crippen molar-refractivity contribution in [3.05, 3.63) is 188 Å². The second kappa shape index (κ2) is 12.4. The van der Waals surface area contributed by atoms with E-state index in [1.165, 1.54) is 58.5 Å². The summed E-state index contributed by atoms with van der Waals surface area (Å²) in [7, 11) is 0. The molecule has 0 aliphatic carbocycles. The molecule has 0 bridgehead atoms. The van der Waals surface area contributed by atoms with Gasteiger partial charge in [-0.05, 0) is 70.4 Å². The Kier molecular flexibility index (Phi) is 7.04. The van der Waals surface area contributed by atoms with Crippen LogP contribution in [0.15, 0.2) is 188 Å². The van der Waals surface area contributed by atoms with Gasteiger partial charge in [-0.2, -0.15) is 0 Å². The minimum Gasteiger partial charge on any atom is -0.309 e. The maximum Gasteiger partial charge on any atom is 0.160 e. The zero-order chi connectivity index (χ0) is 35.6. The van der Waals surface area contributed by atoms with E-state index in [2.05, 4.69) is 174 Å². The van der Waals surface area contributed by atoms with Gasteiger partial charge in [0.25, 0.3) is 0 Å². The van der Waals surface area contributed by atoms with Crippen LogP contribution < -0.4 is 0 Å². The van der Waals surface area contributed by atoms with Gasteiger partial charge in [-0.25, -0.2) is 9.97 Å². The maximum absolute atomic E-state index is 5.25. The van der Waals surface area contributed by atoms with Gasteiger partial charge in [0, 0.05) is 53.3 Å². The molecule has 3 heterocycles. The third-order valence-electron chi connectivity index (χ3n) is 10.6. The zero-order valence-corrected chi connectivity index (χ0v) is 30.0. The molecule has 0 atom stereocenters. The van der Waals surface area contributed by atoms with Crippen LogP contribution in [0.5, 0.6) is 0 Å². The smallest absolute Gasteiger partial charge is 0.160 e. The van der Waals surface area contributed by atoms with Crippen molar-refractivity contribution < 1.29 is 0 Å². The van der Waals surface area contributed by atoms with Crippen LogP contribution in [0.4, 0.5) is 0 Å². The van der Waals surface area contributed by atoms with Gasteiger partial charge in [0.05, 0.1) is 22.4 Å². The first-order valence-electron chi connectivity index (χ1n) is 18.2. The van der Waals surface area contributed by atoms with Gasteiger partial charge < -0.3 is 4.57 Å². The van der Waals surface area contributed by atoms with Crippen molar-refractivity contribution in [1.82, 2.24) is 14.5 Å². The number of rotatable bonds is 5. The van der Waals surface area contributed by atoms with Gasteiger partial charge in [0.15, 0.2) is 5.82 Å². The Hall–Kier alpha value is -6.88. The molecule has 0 saturated carbocycles. The van der Waals surface area contributed by atoms with Crippen LogP contribution in [0.3, 0.4) is 0 Å². The van der Waals surface area contributed by atoms with E-state index >= 15 is 0 Å². The summed E-state index contributed by atoms with van der Waals surface area (Å²) in [4.78, 5) is 10.4. The summed E-state index contributed by atoms with van der Waals surface area (Å²) in [5.41, 5.74) is 10.9. The standard InChI is InChI=1S/C50H31N3S/c1-3-13-32(14-4-1)50-51-44(34-24-28-49-43(29-34)42-20-10-12-22-48(42)54-49)31-45(52-50)39-27-26-36(37-17-7-8-18-38(37)39)33-23-25-41-40-19-9-11-21-46(40)53(47(41)30-33)35-15-5-2-6-16-35/h1-31H. The van der Waals surface area contributed by atoms with Crippen molar-refractivity contribution in [2.24, 2.45) is 0 Å². The molecule has 8 aromatic carbocycles. The highest BCUT2D eigenvalue weighted by Crippen LogP contribution is 2.41. The van der Waals surface area contributed by atoms with Crippen molar-refractivity contribution in [3.8, 4) is 50.7 Å². The highest BCUT2D eigenvalue weighted by atomic mass is 32.1. The van der Waals surface area contributed by atoms with Gasteiger partial charge in [-0.1, -0.05) is 140 Å². The van der Waals surface area contributed by atoms with Crippen molar-refractivity contribution >= 4 is 64.1 Å². The first kappa shape index (κ1) is 30.7. The first-order chi connectivity index (χ1) is 26.8. The minimum absolute atomic E-state index is 0.714. The van der Waals surface area contributed by atoms with E-state index in [1.54, 1.807) is 0 Å². The fourth-order valence-electron chi connectivity index (χ4n) is 8.10. The fraction of sp³-hybridized carbons (Fsp3) is 0. The Morgan fingerprint density at radius 2 is 0.963 bits per heavy atom. The third-order valence-corrected chi connectivity index (χ3v) is 11.8. The fourth-order valence-corrected chi connectivity index (χ4v) is 9.19. The summed E-state index contributed by atoms with van der Waals surface area (Å²) in [6.07, 6.45) is 0. The first-order valence-corrected chi connectivity index (χ1v) is 19.1. The molecule has 0 unspecified atom stereocenters. The molecule has 11 rings (SSSR count). The Bertz CT molecular complexity index is 3210. The van der Waals surface area contributed by atoms with E-state index in [-0.39, 0.29) is 0 Å². The summed E-state index contributed by atoms with van der Waals surface area (Å²) in [6.45, 7) is 0. The molecule has 0 fully saturated rings. The van der Waals surface area contributed by atoms with Crippen molar-refractivity contribution in [2.45, 2.75) is 0 Å². The SMILES string of the molecule is c1ccc(-c2nc(-c3ccc4sc5ccccc5c4c3)cc(-c3ccc(-c4ccc5c6ccccc6n(-c6ccccc6)c5c4)c4ccccc34)n2)cc1. The molecular weight excluding hydrogens is 675 g/mol. The number of fused-ring (bicyclic) bond motifs is 7. The lowest BCUT2D eigenvalue weighted by Gasteiger charge is -2.14. The second-order valence-corrected chi connectivity index (χ2v) is 14.8. The second-order valence-electron chi connectivity index (χ2n) is 13.8. The van der Waals surface area contributed by atoms with Gasteiger partial charge in [-0.3, -0.25) is 0 Å². The lowest BCUT2D eigenvalue weighted by Crippen LogP contribution is -1.97. The van der Waals surface area contributed by atoms with Crippen LogP contribution in [0, 0.1) is 0 Å². The predicted molar refractivity (Wildman–Crippen MR) is 229 cm³/mol. The van der Waals surface area contributed by atoms with Crippen LogP contribution in [-0.2, 0) is 0 Å². The molecule has 4 heteroatoms. The number of para-hydroxylation sites is 2. The normalized spacial score (nSPS) is 11.7. The van der Waals surface area contributed by atoms with E-state index in [0.717, 1.165) is 39.2 Å². The molecular formula is C50H31N3S. The van der Waals surface area contributed by atoms with Gasteiger partial charge >= 0.3 is 0 Å². The largest absolute Gasteiger partial charge is 0.309 e. The monoisotopic (exact) mass is 705 g/mol. The van der Waals surface area contributed by atoms with E-state index in [1.807, 2.05) is 29.5 Å².